The second kappa shape index (κ2) is 7.60. The molecule has 1 aromatic rings. The molecule has 1 fully saturated rings. The fourth-order valence-corrected chi connectivity index (χ4v) is 3.65. The zero-order chi connectivity index (χ0) is 15.3. The van der Waals surface area contributed by atoms with Gasteiger partial charge < -0.3 is 5.32 Å². The summed E-state index contributed by atoms with van der Waals surface area (Å²) < 4.78 is 14.1. The smallest absolute Gasteiger partial charge is 0.127 e. The van der Waals surface area contributed by atoms with Crippen molar-refractivity contribution in [3.8, 4) is 0 Å². The Balaban J connectivity index is 2.12. The molecule has 21 heavy (non-hydrogen) atoms. The summed E-state index contributed by atoms with van der Waals surface area (Å²) in [7, 11) is 0. The normalized spacial score (nSPS) is 18.1. The maximum atomic E-state index is 14.1. The molecule has 0 aliphatic heterocycles. The van der Waals surface area contributed by atoms with Crippen molar-refractivity contribution in [3.05, 3.63) is 34.6 Å². The van der Waals surface area contributed by atoms with Crippen molar-refractivity contribution in [2.75, 3.05) is 13.1 Å². The molecule has 1 saturated carbocycles. The highest BCUT2D eigenvalue weighted by atomic mass is 35.5. The lowest BCUT2D eigenvalue weighted by molar-refractivity contribution is 0.177. The molecule has 1 aliphatic carbocycles. The van der Waals surface area contributed by atoms with Crippen LogP contribution in [-0.2, 0) is 6.42 Å². The van der Waals surface area contributed by atoms with Gasteiger partial charge in [0.05, 0.1) is 0 Å². The summed E-state index contributed by atoms with van der Waals surface area (Å²) in [4.78, 5) is 0. The minimum atomic E-state index is -0.156. The Labute approximate surface area is 133 Å². The Morgan fingerprint density at radius 1 is 1.24 bits per heavy atom. The first-order valence-corrected chi connectivity index (χ1v) is 8.54. The number of rotatable bonds is 6. The monoisotopic (exact) mass is 311 g/mol. The lowest BCUT2D eigenvalue weighted by Crippen LogP contribution is -2.39. The molecule has 0 unspecified atom stereocenters. The zero-order valence-electron chi connectivity index (χ0n) is 13.2. The Kier molecular flexibility index (Phi) is 6.07. The van der Waals surface area contributed by atoms with E-state index in [1.165, 1.54) is 38.2 Å². The van der Waals surface area contributed by atoms with Crippen molar-refractivity contribution in [1.29, 1.82) is 0 Å². The molecule has 0 aromatic heterocycles. The predicted molar refractivity (Wildman–Crippen MR) is 88.3 cm³/mol. The largest absolute Gasteiger partial charge is 0.316 e. The van der Waals surface area contributed by atoms with Gasteiger partial charge in [-0.05, 0) is 49.3 Å². The van der Waals surface area contributed by atoms with Gasteiger partial charge in [0.2, 0.25) is 0 Å². The third-order valence-corrected chi connectivity index (χ3v) is 4.93. The van der Waals surface area contributed by atoms with Crippen molar-refractivity contribution in [2.24, 2.45) is 11.3 Å². The molecule has 2 rings (SSSR count). The fourth-order valence-electron chi connectivity index (χ4n) is 3.42. The van der Waals surface area contributed by atoms with E-state index < -0.39 is 0 Å². The molecule has 1 aliphatic rings. The van der Waals surface area contributed by atoms with Gasteiger partial charge in [-0.25, -0.2) is 4.39 Å². The molecule has 1 nitrogen and oxygen atoms in total. The van der Waals surface area contributed by atoms with E-state index in [0.29, 0.717) is 16.5 Å². The Morgan fingerprint density at radius 3 is 2.57 bits per heavy atom. The van der Waals surface area contributed by atoms with E-state index in [2.05, 4.69) is 19.2 Å². The van der Waals surface area contributed by atoms with Crippen LogP contribution in [0, 0.1) is 17.2 Å². The van der Waals surface area contributed by atoms with Gasteiger partial charge in [0.15, 0.2) is 0 Å². The predicted octanol–water partition coefficient (Wildman–Crippen LogP) is 5.22. The average molecular weight is 312 g/mol. The Hall–Kier alpha value is -0.600. The molecule has 3 heteroatoms. The van der Waals surface area contributed by atoms with Gasteiger partial charge in [0.1, 0.15) is 5.82 Å². The standard InChI is InChI=1S/C18H27ClFN/c1-14(2)12-21-13-18(9-4-3-5-10-18)11-15-16(19)7-6-8-17(15)20/h6-8,14,21H,3-5,9-13H2,1-2H3. The summed E-state index contributed by atoms with van der Waals surface area (Å²) in [6.45, 7) is 6.42. The van der Waals surface area contributed by atoms with Gasteiger partial charge in [0, 0.05) is 17.1 Å². The molecule has 1 aromatic carbocycles. The summed E-state index contributed by atoms with van der Waals surface area (Å²) in [6.07, 6.45) is 6.89. The fraction of sp³-hybridized carbons (Fsp3) is 0.667. The maximum Gasteiger partial charge on any atom is 0.127 e. The SMILES string of the molecule is CC(C)CNCC1(Cc2c(F)cccc2Cl)CCCCC1. The number of halogens is 2. The topological polar surface area (TPSA) is 12.0 Å². The van der Waals surface area contributed by atoms with Gasteiger partial charge in [-0.15, -0.1) is 0 Å². The van der Waals surface area contributed by atoms with Crippen LogP contribution in [0.5, 0.6) is 0 Å². The van der Waals surface area contributed by atoms with Crippen molar-refractivity contribution in [2.45, 2.75) is 52.4 Å². The maximum absolute atomic E-state index is 14.1. The van der Waals surface area contributed by atoms with Crippen molar-refractivity contribution >= 4 is 11.6 Å². The summed E-state index contributed by atoms with van der Waals surface area (Å²) in [5, 5.41) is 4.16. The van der Waals surface area contributed by atoms with E-state index in [9.17, 15) is 4.39 Å². The number of benzene rings is 1. The van der Waals surface area contributed by atoms with Gasteiger partial charge in [-0.1, -0.05) is 50.8 Å². The Bertz CT molecular complexity index is 432. The molecule has 0 atom stereocenters. The Morgan fingerprint density at radius 2 is 1.95 bits per heavy atom. The van der Waals surface area contributed by atoms with Crippen molar-refractivity contribution in [1.82, 2.24) is 5.32 Å². The molecule has 118 valence electrons. The van der Waals surface area contributed by atoms with Crippen LogP contribution in [0.2, 0.25) is 5.02 Å². The molecule has 0 saturated heterocycles. The third-order valence-electron chi connectivity index (χ3n) is 4.58. The molecule has 1 N–H and O–H groups in total. The van der Waals surface area contributed by atoms with E-state index in [-0.39, 0.29) is 11.2 Å². The lowest BCUT2D eigenvalue weighted by atomic mass is 9.70. The highest BCUT2D eigenvalue weighted by molar-refractivity contribution is 6.31. The highest BCUT2D eigenvalue weighted by Crippen LogP contribution is 2.40. The summed E-state index contributed by atoms with van der Waals surface area (Å²) in [6, 6.07) is 5.02. The van der Waals surface area contributed by atoms with Crippen LogP contribution < -0.4 is 5.32 Å². The zero-order valence-corrected chi connectivity index (χ0v) is 14.0. The van der Waals surface area contributed by atoms with Crippen LogP contribution in [0.15, 0.2) is 18.2 Å². The van der Waals surface area contributed by atoms with Crippen molar-refractivity contribution < 1.29 is 4.39 Å². The lowest BCUT2D eigenvalue weighted by Gasteiger charge is -2.38. The molecular formula is C18H27ClFN. The van der Waals surface area contributed by atoms with Gasteiger partial charge in [-0.2, -0.15) is 0 Å². The van der Waals surface area contributed by atoms with Crippen molar-refractivity contribution in [3.63, 3.8) is 0 Å². The highest BCUT2D eigenvalue weighted by Gasteiger charge is 2.33. The first-order chi connectivity index (χ1) is 10.0. The summed E-state index contributed by atoms with van der Waals surface area (Å²) in [5.74, 6) is 0.485. The second-order valence-corrected chi connectivity index (χ2v) is 7.37. The molecule has 0 amide bonds. The van der Waals surface area contributed by atoms with Crippen LogP contribution in [0.25, 0.3) is 0 Å². The molecule has 0 bridgehead atoms. The van der Waals surface area contributed by atoms with E-state index >= 15 is 0 Å². The van der Waals surface area contributed by atoms with Crippen LogP contribution in [0.3, 0.4) is 0 Å². The number of nitrogens with one attached hydrogen (secondary N) is 1. The molecular weight excluding hydrogens is 285 g/mol. The van der Waals surface area contributed by atoms with Gasteiger partial charge in [-0.3, -0.25) is 0 Å². The van der Waals surface area contributed by atoms with Gasteiger partial charge in [0.25, 0.3) is 0 Å². The van der Waals surface area contributed by atoms with E-state index in [0.717, 1.165) is 19.5 Å². The minimum absolute atomic E-state index is 0.156. The summed E-state index contributed by atoms with van der Waals surface area (Å²) >= 11 is 6.23. The third kappa shape index (κ3) is 4.69. The van der Waals surface area contributed by atoms with Crippen LogP contribution in [-0.4, -0.2) is 13.1 Å². The van der Waals surface area contributed by atoms with E-state index in [1.54, 1.807) is 12.1 Å². The van der Waals surface area contributed by atoms with Crippen LogP contribution in [0.1, 0.15) is 51.5 Å². The quantitative estimate of drug-likeness (QED) is 0.759. The average Bonchev–Trinajstić information content (AvgIpc) is 2.44. The van der Waals surface area contributed by atoms with Gasteiger partial charge >= 0.3 is 0 Å². The molecule has 0 heterocycles. The minimum Gasteiger partial charge on any atom is -0.316 e. The van der Waals surface area contributed by atoms with Crippen LogP contribution >= 0.6 is 11.6 Å². The van der Waals surface area contributed by atoms with E-state index in [1.807, 2.05) is 0 Å². The molecule has 0 radical (unpaired) electrons. The summed E-state index contributed by atoms with van der Waals surface area (Å²) in [5.41, 5.74) is 0.867. The van der Waals surface area contributed by atoms with E-state index in [4.69, 9.17) is 11.6 Å². The number of hydrogen-bond donors (Lipinski definition) is 1. The first-order valence-electron chi connectivity index (χ1n) is 8.16. The number of hydrogen-bond acceptors (Lipinski definition) is 1. The first kappa shape index (κ1) is 16.8. The second-order valence-electron chi connectivity index (χ2n) is 6.96. The molecule has 0 spiro atoms. The van der Waals surface area contributed by atoms with Crippen LogP contribution in [0.4, 0.5) is 4.39 Å².